The van der Waals surface area contributed by atoms with Crippen molar-refractivity contribution in [2.45, 2.75) is 6.92 Å². The van der Waals surface area contributed by atoms with E-state index in [0.717, 1.165) is 5.56 Å². The zero-order valence-corrected chi connectivity index (χ0v) is 10.1. The first-order valence-corrected chi connectivity index (χ1v) is 5.65. The monoisotopic (exact) mass is 236 g/mol. The van der Waals surface area contributed by atoms with Gasteiger partial charge in [0.15, 0.2) is 5.82 Å². The molecular formula is C10H12N4OS. The van der Waals surface area contributed by atoms with Crippen LogP contribution in [0.15, 0.2) is 11.4 Å². The first kappa shape index (κ1) is 10.8. The topological polar surface area (TPSA) is 59.9 Å². The zero-order chi connectivity index (χ0) is 11.5. The Morgan fingerprint density at radius 2 is 2.12 bits per heavy atom. The number of thiophene rings is 1. The van der Waals surface area contributed by atoms with Crippen molar-refractivity contribution in [2.75, 3.05) is 19.5 Å². The van der Waals surface area contributed by atoms with E-state index in [-0.39, 0.29) is 0 Å². The van der Waals surface area contributed by atoms with E-state index in [1.54, 1.807) is 25.5 Å². The number of nitrogens with one attached hydrogen (secondary N) is 1. The molecule has 0 spiro atoms. The molecule has 0 atom stereocenters. The van der Waals surface area contributed by atoms with Gasteiger partial charge in [-0.3, -0.25) is 0 Å². The number of nitrogens with zero attached hydrogens (tertiary/aromatic N) is 3. The normalized spacial score (nSPS) is 10.2. The molecule has 0 saturated heterocycles. The van der Waals surface area contributed by atoms with Gasteiger partial charge in [0.05, 0.1) is 7.11 Å². The highest BCUT2D eigenvalue weighted by Gasteiger charge is 2.10. The molecule has 5 nitrogen and oxygen atoms in total. The van der Waals surface area contributed by atoms with Gasteiger partial charge in [-0.05, 0) is 18.4 Å². The van der Waals surface area contributed by atoms with Gasteiger partial charge < -0.3 is 10.1 Å². The molecule has 0 radical (unpaired) electrons. The van der Waals surface area contributed by atoms with Crippen molar-refractivity contribution in [3.63, 3.8) is 0 Å². The van der Waals surface area contributed by atoms with Crippen LogP contribution in [0.4, 0.5) is 5.95 Å². The summed E-state index contributed by atoms with van der Waals surface area (Å²) in [7, 11) is 3.30. The van der Waals surface area contributed by atoms with E-state index in [1.807, 2.05) is 18.4 Å². The number of aryl methyl sites for hydroxylation is 1. The first-order valence-electron chi connectivity index (χ1n) is 4.77. The van der Waals surface area contributed by atoms with E-state index in [1.165, 1.54) is 4.88 Å². The Bertz CT molecular complexity index is 475. The molecule has 16 heavy (non-hydrogen) atoms. The standard InChI is InChI=1S/C10H12N4OS/c1-6-7(4-5-16-6)8-12-9(11-2)14-10(13-8)15-3/h4-5H,1-3H3,(H,11,12,13,14). The average Bonchev–Trinajstić information content (AvgIpc) is 2.74. The number of hydrogen-bond acceptors (Lipinski definition) is 6. The van der Waals surface area contributed by atoms with Gasteiger partial charge in [0.25, 0.3) is 0 Å². The third-order valence-electron chi connectivity index (χ3n) is 2.12. The molecule has 0 bridgehead atoms. The van der Waals surface area contributed by atoms with Crippen LogP contribution in [0.5, 0.6) is 6.01 Å². The van der Waals surface area contributed by atoms with E-state index in [2.05, 4.69) is 20.3 Å². The molecule has 2 rings (SSSR count). The summed E-state index contributed by atoms with van der Waals surface area (Å²) >= 11 is 1.66. The second-order valence-corrected chi connectivity index (χ2v) is 4.23. The van der Waals surface area contributed by atoms with E-state index >= 15 is 0 Å². The van der Waals surface area contributed by atoms with Crippen LogP contribution in [0.1, 0.15) is 4.88 Å². The molecule has 1 N–H and O–H groups in total. The fourth-order valence-corrected chi connectivity index (χ4v) is 1.99. The highest BCUT2D eigenvalue weighted by molar-refractivity contribution is 7.10. The molecule has 0 amide bonds. The van der Waals surface area contributed by atoms with Crippen LogP contribution in [0.3, 0.4) is 0 Å². The van der Waals surface area contributed by atoms with Crippen molar-refractivity contribution in [2.24, 2.45) is 0 Å². The number of ether oxygens (including phenoxy) is 1. The fourth-order valence-electron chi connectivity index (χ4n) is 1.30. The van der Waals surface area contributed by atoms with Crippen molar-refractivity contribution in [3.05, 3.63) is 16.3 Å². The Balaban J connectivity index is 2.52. The van der Waals surface area contributed by atoms with Crippen LogP contribution in [-0.2, 0) is 0 Å². The molecule has 2 aromatic rings. The smallest absolute Gasteiger partial charge is 0.321 e. The predicted molar refractivity (Wildman–Crippen MR) is 64.0 cm³/mol. The van der Waals surface area contributed by atoms with Crippen molar-refractivity contribution >= 4 is 17.3 Å². The van der Waals surface area contributed by atoms with E-state index < -0.39 is 0 Å². The molecule has 2 aromatic heterocycles. The molecule has 0 aromatic carbocycles. The van der Waals surface area contributed by atoms with Crippen molar-refractivity contribution in [3.8, 4) is 17.4 Å². The summed E-state index contributed by atoms with van der Waals surface area (Å²) in [6, 6.07) is 2.31. The second-order valence-electron chi connectivity index (χ2n) is 3.11. The maximum absolute atomic E-state index is 5.04. The average molecular weight is 236 g/mol. The summed E-state index contributed by atoms with van der Waals surface area (Å²) in [5, 5.41) is 4.90. The number of methoxy groups -OCH3 is 1. The minimum Gasteiger partial charge on any atom is -0.467 e. The SMILES string of the molecule is CNc1nc(OC)nc(-c2ccsc2C)n1. The Morgan fingerprint density at radius 3 is 2.69 bits per heavy atom. The Hall–Kier alpha value is -1.69. The zero-order valence-electron chi connectivity index (χ0n) is 9.31. The van der Waals surface area contributed by atoms with Crippen molar-refractivity contribution in [1.82, 2.24) is 15.0 Å². The fraction of sp³-hybridized carbons (Fsp3) is 0.300. The van der Waals surface area contributed by atoms with Crippen molar-refractivity contribution < 1.29 is 4.74 Å². The number of anilines is 1. The molecule has 2 heterocycles. The van der Waals surface area contributed by atoms with Gasteiger partial charge in [-0.15, -0.1) is 11.3 Å². The summed E-state index contributed by atoms with van der Waals surface area (Å²) in [5.41, 5.74) is 1.02. The summed E-state index contributed by atoms with van der Waals surface area (Å²) in [6.07, 6.45) is 0. The van der Waals surface area contributed by atoms with Gasteiger partial charge in [-0.25, -0.2) is 0 Å². The highest BCUT2D eigenvalue weighted by atomic mass is 32.1. The van der Waals surface area contributed by atoms with Gasteiger partial charge in [0.2, 0.25) is 5.95 Å². The molecule has 0 aliphatic carbocycles. The van der Waals surface area contributed by atoms with Gasteiger partial charge in [-0.2, -0.15) is 15.0 Å². The Labute approximate surface area is 97.5 Å². The highest BCUT2D eigenvalue weighted by Crippen LogP contribution is 2.25. The number of rotatable bonds is 3. The van der Waals surface area contributed by atoms with Crippen molar-refractivity contribution in [1.29, 1.82) is 0 Å². The van der Waals surface area contributed by atoms with E-state index in [9.17, 15) is 0 Å². The maximum atomic E-state index is 5.04. The Kier molecular flexibility index (Phi) is 3.00. The maximum Gasteiger partial charge on any atom is 0.321 e. The summed E-state index contributed by atoms with van der Waals surface area (Å²) in [6.45, 7) is 2.04. The van der Waals surface area contributed by atoms with Gasteiger partial charge >= 0.3 is 6.01 Å². The van der Waals surface area contributed by atoms with Crippen LogP contribution in [-0.4, -0.2) is 29.1 Å². The van der Waals surface area contributed by atoms with Gasteiger partial charge in [0.1, 0.15) is 0 Å². The largest absolute Gasteiger partial charge is 0.467 e. The lowest BCUT2D eigenvalue weighted by Crippen LogP contribution is -2.03. The third-order valence-corrected chi connectivity index (χ3v) is 2.97. The third kappa shape index (κ3) is 1.96. The molecule has 0 aliphatic rings. The molecule has 6 heteroatoms. The second kappa shape index (κ2) is 4.44. The van der Waals surface area contributed by atoms with Crippen LogP contribution in [0.2, 0.25) is 0 Å². The molecule has 84 valence electrons. The molecular weight excluding hydrogens is 224 g/mol. The summed E-state index contributed by atoms with van der Waals surface area (Å²) in [5.74, 6) is 1.14. The van der Waals surface area contributed by atoms with Gasteiger partial charge in [0, 0.05) is 17.5 Å². The van der Waals surface area contributed by atoms with Gasteiger partial charge in [-0.1, -0.05) is 0 Å². The summed E-state index contributed by atoms with van der Waals surface area (Å²) < 4.78 is 5.04. The minimum absolute atomic E-state index is 0.319. The first-order chi connectivity index (χ1) is 7.74. The lowest BCUT2D eigenvalue weighted by atomic mass is 10.2. The van der Waals surface area contributed by atoms with Crippen LogP contribution < -0.4 is 10.1 Å². The summed E-state index contributed by atoms with van der Waals surface area (Å²) in [4.78, 5) is 13.8. The molecule has 0 saturated carbocycles. The van der Waals surface area contributed by atoms with Crippen LogP contribution >= 0.6 is 11.3 Å². The van der Waals surface area contributed by atoms with Crippen LogP contribution in [0.25, 0.3) is 11.4 Å². The number of hydrogen-bond donors (Lipinski definition) is 1. The quantitative estimate of drug-likeness (QED) is 0.882. The lowest BCUT2D eigenvalue weighted by Gasteiger charge is -2.04. The minimum atomic E-state index is 0.319. The Morgan fingerprint density at radius 1 is 1.31 bits per heavy atom. The molecule has 0 fully saturated rings. The molecule has 0 aliphatic heterocycles. The van der Waals surface area contributed by atoms with Crippen LogP contribution in [0, 0.1) is 6.92 Å². The van der Waals surface area contributed by atoms with E-state index in [4.69, 9.17) is 4.74 Å². The molecule has 0 unspecified atom stereocenters. The number of aromatic nitrogens is 3. The van der Waals surface area contributed by atoms with E-state index in [0.29, 0.717) is 17.8 Å². The predicted octanol–water partition coefficient (Wildman–Crippen LogP) is 1.96. The lowest BCUT2D eigenvalue weighted by molar-refractivity contribution is 0.379.